The van der Waals surface area contributed by atoms with Gasteiger partial charge in [0.2, 0.25) is 5.88 Å². The Kier molecular flexibility index (Phi) is 4.05. The van der Waals surface area contributed by atoms with Gasteiger partial charge in [-0.2, -0.15) is 0 Å². The minimum Gasteiger partial charge on any atom is -0.497 e. The van der Waals surface area contributed by atoms with Gasteiger partial charge >= 0.3 is 0 Å². The number of halogens is 2. The van der Waals surface area contributed by atoms with Gasteiger partial charge in [0.05, 0.1) is 20.2 Å². The van der Waals surface area contributed by atoms with Gasteiger partial charge < -0.3 is 15.0 Å². The number of thiophene rings is 1. The van der Waals surface area contributed by atoms with Crippen LogP contribution < -0.4 is 10.5 Å². The van der Waals surface area contributed by atoms with Crippen molar-refractivity contribution in [2.24, 2.45) is 0 Å². The van der Waals surface area contributed by atoms with Crippen LogP contribution in [-0.4, -0.2) is 12.3 Å². The van der Waals surface area contributed by atoms with Crippen molar-refractivity contribution in [1.82, 2.24) is 5.16 Å². The Morgan fingerprint density at radius 3 is 2.76 bits per heavy atom. The Hall–Kier alpha value is -1.31. The van der Waals surface area contributed by atoms with Crippen LogP contribution >= 0.6 is 43.2 Å². The molecule has 0 aliphatic rings. The fourth-order valence-corrected chi connectivity index (χ4v) is 4.85. The Morgan fingerprint density at radius 2 is 2.10 bits per heavy atom. The fraction of sp³-hybridized carbons (Fsp3) is 0.0714. The molecule has 0 saturated heterocycles. The lowest BCUT2D eigenvalue weighted by Crippen LogP contribution is -1.89. The van der Waals surface area contributed by atoms with Crippen molar-refractivity contribution in [3.05, 3.63) is 37.9 Å². The zero-order valence-electron chi connectivity index (χ0n) is 10.9. The number of aromatic nitrogens is 1. The highest BCUT2D eigenvalue weighted by Crippen LogP contribution is 2.44. The van der Waals surface area contributed by atoms with E-state index in [4.69, 9.17) is 15.0 Å². The summed E-state index contributed by atoms with van der Waals surface area (Å²) in [5.74, 6) is 1.04. The minimum absolute atomic E-state index is 0.285. The zero-order valence-corrected chi connectivity index (χ0v) is 14.9. The number of methoxy groups -OCH3 is 1. The summed E-state index contributed by atoms with van der Waals surface area (Å²) in [6.45, 7) is 0. The summed E-state index contributed by atoms with van der Waals surface area (Å²) >= 11 is 8.58. The molecule has 108 valence electrons. The van der Waals surface area contributed by atoms with Crippen LogP contribution in [0, 0.1) is 0 Å². The van der Waals surface area contributed by atoms with E-state index < -0.39 is 0 Å². The highest BCUT2D eigenvalue weighted by molar-refractivity contribution is 9.12. The number of hydrogen-bond donors (Lipinski definition) is 1. The van der Waals surface area contributed by atoms with Crippen LogP contribution in [0.2, 0.25) is 0 Å². The Bertz CT molecular complexity index is 798. The summed E-state index contributed by atoms with van der Waals surface area (Å²) in [4.78, 5) is 0. The van der Waals surface area contributed by atoms with E-state index >= 15 is 0 Å². The van der Waals surface area contributed by atoms with Crippen LogP contribution in [-0.2, 0) is 0 Å². The Labute approximate surface area is 142 Å². The number of nitrogens with zero attached hydrogens (tertiary/aromatic N) is 1. The quantitative estimate of drug-likeness (QED) is 0.622. The molecular weight excluding hydrogens is 420 g/mol. The monoisotopic (exact) mass is 428 g/mol. The van der Waals surface area contributed by atoms with Gasteiger partial charge in [-0.25, -0.2) is 0 Å². The van der Waals surface area contributed by atoms with Crippen molar-refractivity contribution in [1.29, 1.82) is 0 Å². The second-order valence-corrected chi connectivity index (χ2v) is 7.99. The first-order valence-electron chi connectivity index (χ1n) is 5.95. The maximum atomic E-state index is 5.97. The number of benzene rings is 1. The van der Waals surface area contributed by atoms with Crippen molar-refractivity contribution in [3.63, 3.8) is 0 Å². The molecule has 4 nitrogen and oxygen atoms in total. The number of nitrogen functional groups attached to an aromatic ring is 1. The number of rotatable bonds is 3. The van der Waals surface area contributed by atoms with E-state index in [2.05, 4.69) is 37.0 Å². The van der Waals surface area contributed by atoms with Crippen LogP contribution in [0.4, 0.5) is 5.88 Å². The molecule has 0 radical (unpaired) electrons. The lowest BCUT2D eigenvalue weighted by Gasteiger charge is -2.05. The van der Waals surface area contributed by atoms with Crippen LogP contribution in [0.5, 0.6) is 5.75 Å². The van der Waals surface area contributed by atoms with Gasteiger partial charge in [-0.3, -0.25) is 0 Å². The number of hydrogen-bond acceptors (Lipinski definition) is 5. The molecule has 2 N–H and O–H groups in total. The fourth-order valence-electron chi connectivity index (χ4n) is 2.05. The summed E-state index contributed by atoms with van der Waals surface area (Å²) in [6, 6.07) is 9.62. The Balaban J connectivity index is 2.19. The molecule has 21 heavy (non-hydrogen) atoms. The van der Waals surface area contributed by atoms with E-state index in [1.165, 1.54) is 0 Å². The third kappa shape index (κ3) is 2.73. The van der Waals surface area contributed by atoms with Gasteiger partial charge in [0.1, 0.15) is 11.4 Å². The zero-order chi connectivity index (χ0) is 15.0. The molecule has 2 aromatic heterocycles. The molecule has 3 rings (SSSR count). The van der Waals surface area contributed by atoms with Gasteiger partial charge in [-0.1, -0.05) is 17.3 Å². The molecule has 0 aliphatic carbocycles. The molecule has 0 saturated carbocycles. The third-order valence-corrected chi connectivity index (χ3v) is 5.33. The molecule has 3 aromatic rings. The van der Waals surface area contributed by atoms with Crippen molar-refractivity contribution >= 4 is 49.1 Å². The molecular formula is C14H10Br2N2O2S. The van der Waals surface area contributed by atoms with Crippen molar-refractivity contribution in [2.45, 2.75) is 0 Å². The van der Waals surface area contributed by atoms with Gasteiger partial charge in [0.25, 0.3) is 0 Å². The maximum Gasteiger partial charge on any atom is 0.230 e. The van der Waals surface area contributed by atoms with Crippen LogP contribution in [0.25, 0.3) is 22.4 Å². The number of nitrogens with two attached hydrogens (primary N) is 1. The van der Waals surface area contributed by atoms with Crippen LogP contribution in [0.1, 0.15) is 0 Å². The maximum absolute atomic E-state index is 5.97. The molecule has 0 bridgehead atoms. The topological polar surface area (TPSA) is 61.3 Å². The summed E-state index contributed by atoms with van der Waals surface area (Å²) in [6.07, 6.45) is 0. The molecule has 0 fully saturated rings. The summed E-state index contributed by atoms with van der Waals surface area (Å²) in [7, 11) is 1.63. The van der Waals surface area contributed by atoms with E-state index in [0.29, 0.717) is 5.69 Å². The average molecular weight is 430 g/mol. The first kappa shape index (κ1) is 14.6. The summed E-state index contributed by atoms with van der Waals surface area (Å²) in [5.41, 5.74) is 9.27. The molecule has 7 heteroatoms. The lowest BCUT2D eigenvalue weighted by atomic mass is 10.0. The van der Waals surface area contributed by atoms with Gasteiger partial charge in [-0.05, 0) is 55.6 Å². The first-order chi connectivity index (χ1) is 10.1. The van der Waals surface area contributed by atoms with E-state index in [1.54, 1.807) is 18.4 Å². The normalized spacial score (nSPS) is 10.8. The molecule has 0 aliphatic heterocycles. The van der Waals surface area contributed by atoms with Crippen molar-refractivity contribution < 1.29 is 9.26 Å². The van der Waals surface area contributed by atoms with Gasteiger partial charge in [-0.15, -0.1) is 11.3 Å². The van der Waals surface area contributed by atoms with E-state index in [1.807, 2.05) is 30.3 Å². The molecule has 0 unspecified atom stereocenters. The second kappa shape index (κ2) is 5.82. The average Bonchev–Trinajstić information content (AvgIpc) is 3.01. The Morgan fingerprint density at radius 1 is 1.29 bits per heavy atom. The molecule has 0 amide bonds. The van der Waals surface area contributed by atoms with Crippen molar-refractivity contribution in [2.75, 3.05) is 12.8 Å². The molecule has 0 spiro atoms. The second-order valence-electron chi connectivity index (χ2n) is 4.24. The predicted molar refractivity (Wildman–Crippen MR) is 91.6 cm³/mol. The van der Waals surface area contributed by atoms with Crippen LogP contribution in [0.3, 0.4) is 0 Å². The van der Waals surface area contributed by atoms with E-state index in [-0.39, 0.29) is 5.88 Å². The molecule has 1 aromatic carbocycles. The lowest BCUT2D eigenvalue weighted by molar-refractivity contribution is 0.415. The molecule has 0 atom stereocenters. The predicted octanol–water partition coefficient (Wildman–Crippen LogP) is 5.19. The third-order valence-electron chi connectivity index (χ3n) is 2.99. The standard InChI is InChI=1S/C14H10Br2N2O2S/c1-19-8-4-2-3-7(5-8)11-12(18-20-14(11)17)9-6-10(15)21-13(9)16/h2-6H,17H2,1H3. The number of ether oxygens (including phenoxy) is 1. The van der Waals surface area contributed by atoms with Gasteiger partial charge in [0.15, 0.2) is 0 Å². The summed E-state index contributed by atoms with van der Waals surface area (Å²) < 4.78 is 12.4. The smallest absolute Gasteiger partial charge is 0.230 e. The minimum atomic E-state index is 0.285. The SMILES string of the molecule is COc1cccc(-c2c(-c3cc(Br)sc3Br)noc2N)c1. The van der Waals surface area contributed by atoms with Crippen LogP contribution in [0.15, 0.2) is 42.4 Å². The largest absolute Gasteiger partial charge is 0.497 e. The van der Waals surface area contributed by atoms with E-state index in [9.17, 15) is 0 Å². The van der Waals surface area contributed by atoms with E-state index in [0.717, 1.165) is 30.0 Å². The number of anilines is 1. The summed E-state index contributed by atoms with van der Waals surface area (Å²) in [5, 5.41) is 4.11. The first-order valence-corrected chi connectivity index (χ1v) is 8.35. The highest BCUT2D eigenvalue weighted by atomic mass is 79.9. The highest BCUT2D eigenvalue weighted by Gasteiger charge is 2.21. The van der Waals surface area contributed by atoms with Gasteiger partial charge in [0, 0.05) is 5.56 Å². The molecule has 2 heterocycles. The van der Waals surface area contributed by atoms with Crippen molar-refractivity contribution in [3.8, 4) is 28.1 Å².